The number of nitrogens with zero attached hydrogens (tertiary/aromatic N) is 1. The lowest BCUT2D eigenvalue weighted by atomic mass is 10.2. The molecule has 1 saturated heterocycles. The van der Waals surface area contributed by atoms with Crippen molar-refractivity contribution in [2.75, 3.05) is 23.9 Å². The average Bonchev–Trinajstić information content (AvgIpc) is 3.14. The minimum Gasteiger partial charge on any atom is -0.495 e. The number of esters is 1. The fourth-order valence-electron chi connectivity index (χ4n) is 3.16. The summed E-state index contributed by atoms with van der Waals surface area (Å²) in [6.07, 6.45) is 0.298. The van der Waals surface area contributed by atoms with E-state index in [4.69, 9.17) is 9.47 Å². The zero-order chi connectivity index (χ0) is 21.0. The van der Waals surface area contributed by atoms with E-state index in [1.54, 1.807) is 41.3 Å². The maximum Gasteiger partial charge on any atom is 0.338 e. The maximum absolute atomic E-state index is 12.5. The number of carbonyl (C=O) groups excluding carboxylic acids is 3. The van der Waals surface area contributed by atoms with E-state index in [0.29, 0.717) is 30.1 Å². The van der Waals surface area contributed by atoms with E-state index >= 15 is 0 Å². The Labute approximate surface area is 169 Å². The third kappa shape index (κ3) is 4.74. The number of benzene rings is 2. The predicted molar refractivity (Wildman–Crippen MR) is 109 cm³/mol. The van der Waals surface area contributed by atoms with E-state index < -0.39 is 18.0 Å². The van der Waals surface area contributed by atoms with Gasteiger partial charge in [0.25, 0.3) is 5.91 Å². The molecule has 2 amide bonds. The van der Waals surface area contributed by atoms with Crippen LogP contribution in [-0.2, 0) is 14.3 Å². The van der Waals surface area contributed by atoms with E-state index in [2.05, 4.69) is 5.32 Å². The molecular formula is C22H24N2O5. The van der Waals surface area contributed by atoms with Crippen LogP contribution in [0.4, 0.5) is 11.4 Å². The summed E-state index contributed by atoms with van der Waals surface area (Å²) in [5, 5.41) is 2.73. The van der Waals surface area contributed by atoms with Gasteiger partial charge in [-0.15, -0.1) is 0 Å². The largest absolute Gasteiger partial charge is 0.495 e. The Kier molecular flexibility index (Phi) is 6.16. The molecule has 1 fully saturated rings. The molecule has 0 aromatic heterocycles. The van der Waals surface area contributed by atoms with Crippen LogP contribution in [0.2, 0.25) is 0 Å². The number of carbonyl (C=O) groups is 3. The van der Waals surface area contributed by atoms with E-state index in [-0.39, 0.29) is 11.5 Å². The molecule has 1 N–H and O–H groups in total. The summed E-state index contributed by atoms with van der Waals surface area (Å²) in [4.78, 5) is 38.6. The highest BCUT2D eigenvalue weighted by Crippen LogP contribution is 2.26. The Morgan fingerprint density at radius 2 is 1.97 bits per heavy atom. The quantitative estimate of drug-likeness (QED) is 0.757. The normalized spacial score (nSPS) is 14.4. The van der Waals surface area contributed by atoms with E-state index in [0.717, 1.165) is 12.0 Å². The Morgan fingerprint density at radius 3 is 2.66 bits per heavy atom. The summed E-state index contributed by atoms with van der Waals surface area (Å²) in [5.74, 6) is -0.536. The molecule has 152 valence electrons. The van der Waals surface area contributed by atoms with Crippen LogP contribution in [0.1, 0.15) is 35.7 Å². The summed E-state index contributed by atoms with van der Waals surface area (Å²) in [6, 6.07) is 12.1. The topological polar surface area (TPSA) is 84.9 Å². The first-order valence-corrected chi connectivity index (χ1v) is 9.46. The van der Waals surface area contributed by atoms with Gasteiger partial charge in [0.05, 0.1) is 18.4 Å². The molecular weight excluding hydrogens is 372 g/mol. The van der Waals surface area contributed by atoms with Crippen LogP contribution in [-0.4, -0.2) is 37.5 Å². The second-order valence-corrected chi connectivity index (χ2v) is 6.94. The van der Waals surface area contributed by atoms with Gasteiger partial charge in [0.1, 0.15) is 5.75 Å². The lowest BCUT2D eigenvalue weighted by Gasteiger charge is -2.18. The molecule has 0 saturated carbocycles. The zero-order valence-electron chi connectivity index (χ0n) is 16.7. The van der Waals surface area contributed by atoms with Crippen molar-refractivity contribution in [2.45, 2.75) is 32.8 Å². The molecule has 1 heterocycles. The van der Waals surface area contributed by atoms with Gasteiger partial charge >= 0.3 is 5.97 Å². The lowest BCUT2D eigenvalue weighted by molar-refractivity contribution is -0.123. The van der Waals surface area contributed by atoms with Gasteiger partial charge in [-0.3, -0.25) is 9.59 Å². The highest BCUT2D eigenvalue weighted by atomic mass is 16.5. The monoisotopic (exact) mass is 396 g/mol. The maximum atomic E-state index is 12.5. The van der Waals surface area contributed by atoms with Gasteiger partial charge in [-0.05, 0) is 56.2 Å². The first kappa shape index (κ1) is 20.4. The van der Waals surface area contributed by atoms with Crippen molar-refractivity contribution < 1.29 is 23.9 Å². The molecule has 1 aliphatic rings. The number of hydrogen-bond donors (Lipinski definition) is 1. The molecule has 1 aliphatic heterocycles. The standard InChI is InChI=1S/C22H24N2O5/c1-14-9-10-19(28-3)18(12-14)23-21(26)15(2)29-22(27)16-6-4-7-17(13-16)24-11-5-8-20(24)25/h4,6-7,9-10,12-13,15H,5,8,11H2,1-3H3,(H,23,26)/t15-/m1/s1. The van der Waals surface area contributed by atoms with E-state index in [1.165, 1.54) is 14.0 Å². The van der Waals surface area contributed by atoms with Crippen LogP contribution in [0, 0.1) is 6.92 Å². The average molecular weight is 396 g/mol. The van der Waals surface area contributed by atoms with Crippen molar-refractivity contribution in [1.29, 1.82) is 0 Å². The number of amides is 2. The smallest absolute Gasteiger partial charge is 0.338 e. The van der Waals surface area contributed by atoms with Gasteiger partial charge in [-0.1, -0.05) is 12.1 Å². The number of rotatable bonds is 6. The first-order chi connectivity index (χ1) is 13.9. The Balaban J connectivity index is 1.67. The second-order valence-electron chi connectivity index (χ2n) is 6.94. The van der Waals surface area contributed by atoms with Gasteiger partial charge in [0.15, 0.2) is 6.10 Å². The molecule has 0 aliphatic carbocycles. The first-order valence-electron chi connectivity index (χ1n) is 9.46. The van der Waals surface area contributed by atoms with Crippen molar-refractivity contribution in [3.05, 3.63) is 53.6 Å². The van der Waals surface area contributed by atoms with Crippen molar-refractivity contribution in [2.24, 2.45) is 0 Å². The predicted octanol–water partition coefficient (Wildman–Crippen LogP) is 3.31. The molecule has 1 atom stereocenters. The molecule has 3 rings (SSSR count). The summed E-state index contributed by atoms with van der Waals surface area (Å²) < 4.78 is 10.6. The third-order valence-electron chi connectivity index (χ3n) is 4.73. The van der Waals surface area contributed by atoms with Gasteiger partial charge in [0, 0.05) is 18.7 Å². The number of hydrogen-bond acceptors (Lipinski definition) is 5. The fourth-order valence-corrected chi connectivity index (χ4v) is 3.16. The summed E-state index contributed by atoms with van der Waals surface area (Å²) in [6.45, 7) is 4.04. The highest BCUT2D eigenvalue weighted by Gasteiger charge is 2.24. The summed E-state index contributed by atoms with van der Waals surface area (Å²) in [7, 11) is 1.52. The third-order valence-corrected chi connectivity index (χ3v) is 4.73. The summed E-state index contributed by atoms with van der Waals surface area (Å²) >= 11 is 0. The molecule has 0 unspecified atom stereocenters. The van der Waals surface area contributed by atoms with Crippen LogP contribution in [0.25, 0.3) is 0 Å². The Morgan fingerprint density at radius 1 is 1.17 bits per heavy atom. The zero-order valence-corrected chi connectivity index (χ0v) is 16.7. The Hall–Kier alpha value is -3.35. The van der Waals surface area contributed by atoms with Crippen LogP contribution < -0.4 is 15.0 Å². The minimum atomic E-state index is -1.01. The lowest BCUT2D eigenvalue weighted by Crippen LogP contribution is -2.30. The SMILES string of the molecule is COc1ccc(C)cc1NC(=O)[C@@H](C)OC(=O)c1cccc(N2CCCC2=O)c1. The van der Waals surface area contributed by atoms with Crippen molar-refractivity contribution in [3.63, 3.8) is 0 Å². The van der Waals surface area contributed by atoms with Crippen LogP contribution >= 0.6 is 0 Å². The highest BCUT2D eigenvalue weighted by molar-refractivity contribution is 6.00. The molecule has 7 nitrogen and oxygen atoms in total. The molecule has 2 aromatic carbocycles. The van der Waals surface area contributed by atoms with E-state index in [9.17, 15) is 14.4 Å². The molecule has 0 bridgehead atoms. The van der Waals surface area contributed by atoms with Gasteiger partial charge in [-0.2, -0.15) is 0 Å². The van der Waals surface area contributed by atoms with Crippen LogP contribution in [0.3, 0.4) is 0 Å². The van der Waals surface area contributed by atoms with Crippen molar-refractivity contribution in [1.82, 2.24) is 0 Å². The number of nitrogens with one attached hydrogen (secondary N) is 1. The van der Waals surface area contributed by atoms with Crippen LogP contribution in [0.15, 0.2) is 42.5 Å². The van der Waals surface area contributed by atoms with Gasteiger partial charge < -0.3 is 19.7 Å². The van der Waals surface area contributed by atoms with Gasteiger partial charge in [-0.25, -0.2) is 4.79 Å². The molecule has 7 heteroatoms. The minimum absolute atomic E-state index is 0.0374. The number of anilines is 2. The van der Waals surface area contributed by atoms with Crippen molar-refractivity contribution >= 4 is 29.2 Å². The number of methoxy groups -OCH3 is 1. The number of ether oxygens (including phenoxy) is 2. The molecule has 0 radical (unpaired) electrons. The molecule has 0 spiro atoms. The van der Waals surface area contributed by atoms with Gasteiger partial charge in [0.2, 0.25) is 5.91 Å². The number of aryl methyl sites for hydroxylation is 1. The second kappa shape index (κ2) is 8.77. The van der Waals surface area contributed by atoms with Crippen LogP contribution in [0.5, 0.6) is 5.75 Å². The Bertz CT molecular complexity index is 941. The molecule has 29 heavy (non-hydrogen) atoms. The molecule has 2 aromatic rings. The van der Waals surface area contributed by atoms with Crippen molar-refractivity contribution in [3.8, 4) is 5.75 Å². The summed E-state index contributed by atoms with van der Waals surface area (Å²) in [5.41, 5.74) is 2.41. The van der Waals surface area contributed by atoms with E-state index in [1.807, 2.05) is 13.0 Å². The fraction of sp³-hybridized carbons (Fsp3) is 0.318.